The predicted octanol–water partition coefficient (Wildman–Crippen LogP) is 0.375. The summed E-state index contributed by atoms with van der Waals surface area (Å²) in [5.41, 5.74) is 6.58. The summed E-state index contributed by atoms with van der Waals surface area (Å²) in [4.78, 5) is 21.3. The van der Waals surface area contributed by atoms with Crippen molar-refractivity contribution in [3.05, 3.63) is 23.5 Å². The van der Waals surface area contributed by atoms with Crippen LogP contribution in [0.1, 0.15) is 35.4 Å². The number of nitrogens with two attached hydrogens (primary N) is 1. The SMILES string of the molecule is N[C@@H](CCCCn1c(C=O)ccc1CO)C(=O)O. The van der Waals surface area contributed by atoms with E-state index in [0.717, 1.165) is 6.29 Å². The molecule has 0 spiro atoms. The van der Waals surface area contributed by atoms with E-state index in [2.05, 4.69) is 0 Å². The molecule has 0 aliphatic heterocycles. The fourth-order valence-corrected chi connectivity index (χ4v) is 1.80. The summed E-state index contributed by atoms with van der Waals surface area (Å²) in [7, 11) is 0. The van der Waals surface area contributed by atoms with Gasteiger partial charge in [0, 0.05) is 12.2 Å². The van der Waals surface area contributed by atoms with Crippen LogP contribution in [0.15, 0.2) is 12.1 Å². The number of aromatic nitrogens is 1. The lowest BCUT2D eigenvalue weighted by Crippen LogP contribution is -2.29. The molecule has 0 unspecified atom stereocenters. The second-order valence-corrected chi connectivity index (χ2v) is 4.12. The molecule has 6 nitrogen and oxygen atoms in total. The fraction of sp³-hybridized carbons (Fsp3) is 0.500. The first kappa shape index (κ1) is 14.4. The number of hydrogen-bond acceptors (Lipinski definition) is 4. The molecule has 1 rings (SSSR count). The van der Waals surface area contributed by atoms with Crippen molar-refractivity contribution in [2.75, 3.05) is 0 Å². The van der Waals surface area contributed by atoms with Gasteiger partial charge in [0.05, 0.1) is 12.3 Å². The maximum atomic E-state index is 10.8. The van der Waals surface area contributed by atoms with Crippen molar-refractivity contribution in [1.29, 1.82) is 0 Å². The molecule has 0 fully saturated rings. The third-order valence-electron chi connectivity index (χ3n) is 2.85. The summed E-state index contributed by atoms with van der Waals surface area (Å²) in [6.45, 7) is 0.450. The minimum atomic E-state index is -0.999. The topological polar surface area (TPSA) is 106 Å². The average Bonchev–Trinajstić information content (AvgIpc) is 2.76. The number of aliphatic carboxylic acids is 1. The number of aliphatic hydroxyl groups is 1. The van der Waals surface area contributed by atoms with Crippen LogP contribution in [0.2, 0.25) is 0 Å². The number of aldehydes is 1. The number of rotatable bonds is 8. The third kappa shape index (κ3) is 3.68. The molecule has 1 aromatic rings. The minimum Gasteiger partial charge on any atom is -0.480 e. The molecule has 0 radical (unpaired) electrons. The second-order valence-electron chi connectivity index (χ2n) is 4.12. The third-order valence-corrected chi connectivity index (χ3v) is 2.85. The van der Waals surface area contributed by atoms with E-state index in [1.54, 1.807) is 16.7 Å². The highest BCUT2D eigenvalue weighted by Gasteiger charge is 2.11. The van der Waals surface area contributed by atoms with Gasteiger partial charge in [-0.1, -0.05) is 0 Å². The highest BCUT2D eigenvalue weighted by Crippen LogP contribution is 2.10. The molecular weight excluding hydrogens is 236 g/mol. The van der Waals surface area contributed by atoms with Crippen LogP contribution in [-0.2, 0) is 17.9 Å². The van der Waals surface area contributed by atoms with Gasteiger partial charge < -0.3 is 20.5 Å². The quantitative estimate of drug-likeness (QED) is 0.459. The first-order chi connectivity index (χ1) is 8.60. The molecule has 0 amide bonds. The van der Waals surface area contributed by atoms with Crippen LogP contribution in [0.25, 0.3) is 0 Å². The van der Waals surface area contributed by atoms with Gasteiger partial charge in [-0.2, -0.15) is 0 Å². The van der Waals surface area contributed by atoms with Crippen LogP contribution in [0, 0.1) is 0 Å². The van der Waals surface area contributed by atoms with Gasteiger partial charge in [-0.25, -0.2) is 0 Å². The van der Waals surface area contributed by atoms with Gasteiger partial charge in [0.15, 0.2) is 6.29 Å². The molecule has 1 heterocycles. The average molecular weight is 254 g/mol. The van der Waals surface area contributed by atoms with Crippen molar-refractivity contribution in [1.82, 2.24) is 4.57 Å². The number of carboxylic acids is 1. The van der Waals surface area contributed by atoms with Crippen LogP contribution in [-0.4, -0.2) is 33.1 Å². The Labute approximate surface area is 105 Å². The molecule has 0 saturated carbocycles. The van der Waals surface area contributed by atoms with Crippen LogP contribution < -0.4 is 5.73 Å². The van der Waals surface area contributed by atoms with Crippen molar-refractivity contribution < 1.29 is 19.8 Å². The van der Waals surface area contributed by atoms with E-state index < -0.39 is 12.0 Å². The van der Waals surface area contributed by atoms with E-state index in [9.17, 15) is 9.59 Å². The summed E-state index contributed by atoms with van der Waals surface area (Å²) in [6, 6.07) is 2.52. The molecule has 18 heavy (non-hydrogen) atoms. The van der Waals surface area contributed by atoms with E-state index in [0.29, 0.717) is 37.2 Å². The van der Waals surface area contributed by atoms with Gasteiger partial charge in [0.2, 0.25) is 0 Å². The zero-order valence-electron chi connectivity index (χ0n) is 10.1. The lowest BCUT2D eigenvalue weighted by Gasteiger charge is -2.10. The molecule has 1 atom stereocenters. The summed E-state index contributed by atoms with van der Waals surface area (Å²) >= 11 is 0. The molecule has 100 valence electrons. The normalized spacial score (nSPS) is 12.3. The van der Waals surface area contributed by atoms with E-state index in [1.165, 1.54) is 0 Å². The number of hydrogen-bond donors (Lipinski definition) is 3. The van der Waals surface area contributed by atoms with Gasteiger partial charge in [0.1, 0.15) is 6.04 Å². The van der Waals surface area contributed by atoms with Gasteiger partial charge in [-0.15, -0.1) is 0 Å². The van der Waals surface area contributed by atoms with Crippen molar-refractivity contribution in [2.24, 2.45) is 5.73 Å². The number of carbonyl (C=O) groups excluding carboxylic acids is 1. The molecule has 0 aliphatic rings. The Kier molecular flexibility index (Phi) is 5.54. The van der Waals surface area contributed by atoms with E-state index in [4.69, 9.17) is 15.9 Å². The summed E-state index contributed by atoms with van der Waals surface area (Å²) < 4.78 is 1.74. The number of unbranched alkanes of at least 4 members (excludes halogenated alkanes) is 1. The molecule has 0 bridgehead atoms. The van der Waals surface area contributed by atoms with E-state index >= 15 is 0 Å². The predicted molar refractivity (Wildman–Crippen MR) is 65.2 cm³/mol. The number of carboxylic acid groups (broad SMARTS) is 1. The molecule has 0 aliphatic carbocycles. The Bertz CT molecular complexity index is 414. The summed E-state index contributed by atoms with van der Waals surface area (Å²) in [5.74, 6) is -0.999. The van der Waals surface area contributed by atoms with E-state index in [1.807, 2.05) is 0 Å². The van der Waals surface area contributed by atoms with Crippen LogP contribution >= 0.6 is 0 Å². The maximum Gasteiger partial charge on any atom is 0.320 e. The van der Waals surface area contributed by atoms with Gasteiger partial charge in [0.25, 0.3) is 0 Å². The maximum absolute atomic E-state index is 10.8. The van der Waals surface area contributed by atoms with Crippen molar-refractivity contribution >= 4 is 12.3 Å². The molecular formula is C12H18N2O4. The first-order valence-electron chi connectivity index (χ1n) is 5.83. The Morgan fingerprint density at radius 1 is 1.44 bits per heavy atom. The number of nitrogens with zero attached hydrogens (tertiary/aromatic N) is 1. The molecule has 4 N–H and O–H groups in total. The van der Waals surface area contributed by atoms with Gasteiger partial charge in [-0.3, -0.25) is 9.59 Å². The number of aliphatic hydroxyl groups excluding tert-OH is 1. The number of carbonyl (C=O) groups is 2. The van der Waals surface area contributed by atoms with Gasteiger partial charge in [-0.05, 0) is 31.4 Å². The highest BCUT2D eigenvalue weighted by atomic mass is 16.4. The fourth-order valence-electron chi connectivity index (χ4n) is 1.80. The molecule has 0 aromatic carbocycles. The second kappa shape index (κ2) is 6.93. The minimum absolute atomic E-state index is 0.123. The Hall–Kier alpha value is -1.66. The van der Waals surface area contributed by atoms with E-state index in [-0.39, 0.29) is 6.61 Å². The summed E-state index contributed by atoms with van der Waals surface area (Å²) in [6.07, 6.45) is 2.52. The Morgan fingerprint density at radius 3 is 2.72 bits per heavy atom. The smallest absolute Gasteiger partial charge is 0.320 e. The first-order valence-corrected chi connectivity index (χ1v) is 5.83. The lowest BCUT2D eigenvalue weighted by molar-refractivity contribution is -0.138. The van der Waals surface area contributed by atoms with Crippen molar-refractivity contribution in [2.45, 2.75) is 38.5 Å². The van der Waals surface area contributed by atoms with Crippen molar-refractivity contribution in [3.8, 4) is 0 Å². The zero-order chi connectivity index (χ0) is 13.5. The lowest BCUT2D eigenvalue weighted by atomic mass is 10.1. The van der Waals surface area contributed by atoms with Crippen LogP contribution in [0.3, 0.4) is 0 Å². The molecule has 6 heteroatoms. The van der Waals surface area contributed by atoms with Gasteiger partial charge >= 0.3 is 5.97 Å². The van der Waals surface area contributed by atoms with Crippen LogP contribution in [0.4, 0.5) is 0 Å². The summed E-state index contributed by atoms with van der Waals surface area (Å²) in [5, 5.41) is 17.7. The van der Waals surface area contributed by atoms with Crippen molar-refractivity contribution in [3.63, 3.8) is 0 Å². The molecule has 1 aromatic heterocycles. The Balaban J connectivity index is 2.46. The zero-order valence-corrected chi connectivity index (χ0v) is 10.1. The standard InChI is InChI=1S/C12H18N2O4/c13-11(12(17)18)3-1-2-6-14-9(7-15)4-5-10(14)8-16/h4-5,7,11,16H,1-3,6,8,13H2,(H,17,18)/t11-/m0/s1. The Morgan fingerprint density at radius 2 is 2.17 bits per heavy atom. The highest BCUT2D eigenvalue weighted by molar-refractivity contribution is 5.73. The van der Waals surface area contributed by atoms with Crippen LogP contribution in [0.5, 0.6) is 0 Å². The largest absolute Gasteiger partial charge is 0.480 e. The molecule has 0 saturated heterocycles. The monoisotopic (exact) mass is 254 g/mol.